The number of thiazole rings is 1. The number of rotatable bonds is 3. The number of nitrogens with one attached hydrogen (secondary N) is 1. The number of para-hydroxylation sites is 1. The Bertz CT molecular complexity index is 969. The maximum atomic E-state index is 12.5. The van der Waals surface area contributed by atoms with Crippen molar-refractivity contribution in [3.05, 3.63) is 57.5 Å². The number of fused-ring (bicyclic) bond motifs is 1. The molecule has 26 heavy (non-hydrogen) atoms. The van der Waals surface area contributed by atoms with E-state index >= 15 is 0 Å². The van der Waals surface area contributed by atoms with Crippen LogP contribution in [0, 0.1) is 6.92 Å². The molecule has 2 aromatic heterocycles. The van der Waals surface area contributed by atoms with E-state index < -0.39 is 0 Å². The molecule has 0 unspecified atom stereocenters. The quantitative estimate of drug-likeness (QED) is 0.771. The number of carbonyl (C=O) groups is 1. The highest BCUT2D eigenvalue weighted by Crippen LogP contribution is 2.28. The standard InChI is InChI=1S/C19H20N4O2S/c1-12-6-11-17(24)23(22-12)14-9-7-13(8-10-14)20-18(25)19-21-15-4-2-3-5-16(15)26-19/h2-6,11,13-14H,7-10H2,1H3,(H,20,25). The molecule has 0 aliphatic heterocycles. The van der Waals surface area contributed by atoms with Crippen molar-refractivity contribution in [2.45, 2.75) is 44.7 Å². The SMILES string of the molecule is Cc1ccc(=O)n(C2CCC(NC(=O)c3nc4ccccc4s3)CC2)n1. The van der Waals surface area contributed by atoms with Gasteiger partial charge in [0.2, 0.25) is 0 Å². The second kappa shape index (κ2) is 6.99. The topological polar surface area (TPSA) is 76.9 Å². The van der Waals surface area contributed by atoms with E-state index in [1.54, 1.807) is 16.8 Å². The maximum absolute atomic E-state index is 12.5. The molecule has 1 aliphatic rings. The molecular weight excluding hydrogens is 348 g/mol. The van der Waals surface area contributed by atoms with E-state index in [9.17, 15) is 9.59 Å². The lowest BCUT2D eigenvalue weighted by molar-refractivity contribution is 0.0921. The molecule has 0 spiro atoms. The number of amides is 1. The smallest absolute Gasteiger partial charge is 0.280 e. The lowest BCUT2D eigenvalue weighted by atomic mass is 9.91. The molecule has 1 aromatic carbocycles. The van der Waals surface area contributed by atoms with Crippen LogP contribution in [0.1, 0.15) is 47.2 Å². The Balaban J connectivity index is 1.39. The lowest BCUT2D eigenvalue weighted by Crippen LogP contribution is -2.39. The average Bonchev–Trinajstić information content (AvgIpc) is 3.09. The minimum atomic E-state index is -0.111. The van der Waals surface area contributed by atoms with Gasteiger partial charge in [0.15, 0.2) is 5.01 Å². The summed E-state index contributed by atoms with van der Waals surface area (Å²) < 4.78 is 2.62. The molecule has 1 aliphatic carbocycles. The van der Waals surface area contributed by atoms with Crippen molar-refractivity contribution in [3.63, 3.8) is 0 Å². The molecule has 1 fully saturated rings. The Labute approximate surface area is 154 Å². The molecule has 0 bridgehead atoms. The average molecular weight is 368 g/mol. The first-order valence-electron chi connectivity index (χ1n) is 8.83. The summed E-state index contributed by atoms with van der Waals surface area (Å²) in [7, 11) is 0. The van der Waals surface area contributed by atoms with E-state index in [1.807, 2.05) is 31.2 Å². The summed E-state index contributed by atoms with van der Waals surface area (Å²) in [6.07, 6.45) is 3.34. The monoisotopic (exact) mass is 368 g/mol. The Hall–Kier alpha value is -2.54. The van der Waals surface area contributed by atoms with E-state index in [0.717, 1.165) is 41.6 Å². The van der Waals surface area contributed by atoms with E-state index in [4.69, 9.17) is 0 Å². The van der Waals surface area contributed by atoms with E-state index in [0.29, 0.717) is 5.01 Å². The third kappa shape index (κ3) is 3.39. The third-order valence-corrected chi connectivity index (χ3v) is 5.86. The van der Waals surface area contributed by atoms with Crippen molar-refractivity contribution in [2.24, 2.45) is 0 Å². The summed E-state index contributed by atoms with van der Waals surface area (Å²) in [5.41, 5.74) is 1.64. The van der Waals surface area contributed by atoms with Crippen molar-refractivity contribution in [3.8, 4) is 0 Å². The predicted molar refractivity (Wildman–Crippen MR) is 102 cm³/mol. The van der Waals surface area contributed by atoms with Gasteiger partial charge in [-0.25, -0.2) is 9.67 Å². The molecule has 134 valence electrons. The summed E-state index contributed by atoms with van der Waals surface area (Å²) in [5.74, 6) is -0.111. The first-order valence-corrected chi connectivity index (χ1v) is 9.65. The minimum absolute atomic E-state index is 0.0578. The van der Waals surface area contributed by atoms with Crippen molar-refractivity contribution in [1.29, 1.82) is 0 Å². The van der Waals surface area contributed by atoms with Gasteiger partial charge in [0.25, 0.3) is 11.5 Å². The van der Waals surface area contributed by atoms with Gasteiger partial charge in [-0.05, 0) is 50.8 Å². The molecule has 6 nitrogen and oxygen atoms in total. The molecule has 1 amide bonds. The van der Waals surface area contributed by atoms with Crippen LogP contribution in [0.3, 0.4) is 0 Å². The molecule has 0 atom stereocenters. The summed E-state index contributed by atoms with van der Waals surface area (Å²) in [6, 6.07) is 11.3. The largest absolute Gasteiger partial charge is 0.347 e. The molecule has 4 rings (SSSR count). The van der Waals surface area contributed by atoms with Crippen LogP contribution in [0.2, 0.25) is 0 Å². The fourth-order valence-corrected chi connectivity index (χ4v) is 4.33. The molecule has 1 saturated carbocycles. The van der Waals surface area contributed by atoms with Crippen molar-refractivity contribution in [2.75, 3.05) is 0 Å². The van der Waals surface area contributed by atoms with E-state index in [-0.39, 0.29) is 23.6 Å². The number of carbonyl (C=O) groups excluding carboxylic acids is 1. The van der Waals surface area contributed by atoms with Gasteiger partial charge in [0.1, 0.15) is 0 Å². The minimum Gasteiger partial charge on any atom is -0.347 e. The van der Waals surface area contributed by atoms with Crippen LogP contribution in [-0.2, 0) is 0 Å². The van der Waals surface area contributed by atoms with E-state index in [2.05, 4.69) is 15.4 Å². The number of aryl methyl sites for hydroxylation is 1. The predicted octanol–water partition coefficient (Wildman–Crippen LogP) is 3.08. The highest BCUT2D eigenvalue weighted by Gasteiger charge is 2.25. The highest BCUT2D eigenvalue weighted by molar-refractivity contribution is 7.20. The van der Waals surface area contributed by atoms with Gasteiger partial charge in [-0.2, -0.15) is 5.10 Å². The molecule has 0 saturated heterocycles. The van der Waals surface area contributed by atoms with Crippen LogP contribution in [0.5, 0.6) is 0 Å². The Kier molecular flexibility index (Phi) is 4.55. The second-order valence-corrected chi connectivity index (χ2v) is 7.75. The number of nitrogens with zero attached hydrogens (tertiary/aromatic N) is 3. The second-order valence-electron chi connectivity index (χ2n) is 6.72. The number of hydrogen-bond donors (Lipinski definition) is 1. The number of hydrogen-bond acceptors (Lipinski definition) is 5. The van der Waals surface area contributed by atoms with Crippen LogP contribution >= 0.6 is 11.3 Å². The first kappa shape index (κ1) is 16.9. The maximum Gasteiger partial charge on any atom is 0.280 e. The van der Waals surface area contributed by atoms with Crippen LogP contribution < -0.4 is 10.9 Å². The van der Waals surface area contributed by atoms with Crippen molar-refractivity contribution < 1.29 is 4.79 Å². The van der Waals surface area contributed by atoms with Gasteiger partial charge in [-0.1, -0.05) is 12.1 Å². The zero-order valence-electron chi connectivity index (χ0n) is 14.5. The van der Waals surface area contributed by atoms with Gasteiger partial charge < -0.3 is 5.32 Å². The van der Waals surface area contributed by atoms with Gasteiger partial charge in [0.05, 0.1) is 22.0 Å². The van der Waals surface area contributed by atoms with Gasteiger partial charge in [-0.3, -0.25) is 9.59 Å². The Morgan fingerprint density at radius 1 is 1.15 bits per heavy atom. The lowest BCUT2D eigenvalue weighted by Gasteiger charge is -2.29. The zero-order valence-corrected chi connectivity index (χ0v) is 15.3. The molecule has 7 heteroatoms. The highest BCUT2D eigenvalue weighted by atomic mass is 32.1. The summed E-state index contributed by atoms with van der Waals surface area (Å²) >= 11 is 1.42. The molecule has 1 N–H and O–H groups in total. The first-order chi connectivity index (χ1) is 12.6. The summed E-state index contributed by atoms with van der Waals surface area (Å²) in [6.45, 7) is 1.89. The van der Waals surface area contributed by atoms with Gasteiger partial charge in [-0.15, -0.1) is 11.3 Å². The van der Waals surface area contributed by atoms with Crippen molar-refractivity contribution >= 4 is 27.5 Å². The van der Waals surface area contributed by atoms with Crippen LogP contribution in [0.25, 0.3) is 10.2 Å². The molecule has 0 radical (unpaired) electrons. The fraction of sp³-hybridized carbons (Fsp3) is 0.368. The molecular formula is C19H20N4O2S. The van der Waals surface area contributed by atoms with Crippen molar-refractivity contribution in [1.82, 2.24) is 20.1 Å². The number of aromatic nitrogens is 3. The Morgan fingerprint density at radius 3 is 2.69 bits per heavy atom. The normalized spacial score (nSPS) is 20.2. The third-order valence-electron chi connectivity index (χ3n) is 4.82. The van der Waals surface area contributed by atoms with Crippen LogP contribution in [0.4, 0.5) is 0 Å². The van der Waals surface area contributed by atoms with Gasteiger partial charge in [0, 0.05) is 12.1 Å². The Morgan fingerprint density at radius 2 is 1.92 bits per heavy atom. The molecule has 2 heterocycles. The van der Waals surface area contributed by atoms with E-state index in [1.165, 1.54) is 11.3 Å². The van der Waals surface area contributed by atoms with Crippen LogP contribution in [-0.4, -0.2) is 26.7 Å². The summed E-state index contributed by atoms with van der Waals surface area (Å²) in [5, 5.41) is 7.96. The fourth-order valence-electron chi connectivity index (χ4n) is 3.46. The zero-order chi connectivity index (χ0) is 18.1. The van der Waals surface area contributed by atoms with Gasteiger partial charge >= 0.3 is 0 Å². The molecule has 3 aromatic rings. The summed E-state index contributed by atoms with van der Waals surface area (Å²) in [4.78, 5) is 28.9. The number of benzene rings is 1. The van der Waals surface area contributed by atoms with Crippen LogP contribution in [0.15, 0.2) is 41.2 Å².